The molecule has 140 valence electrons. The molecule has 7 heteroatoms. The number of hydrogen-bond acceptors (Lipinski definition) is 6. The monoisotopic (exact) mass is 365 g/mol. The number of nitrogens with one attached hydrogen (secondary N) is 1. The second-order valence-corrected chi connectivity index (χ2v) is 6.57. The molecule has 0 aliphatic rings. The van der Waals surface area contributed by atoms with Crippen molar-refractivity contribution in [3.05, 3.63) is 59.6 Å². The van der Waals surface area contributed by atoms with Gasteiger partial charge >= 0.3 is 0 Å². The largest absolute Gasteiger partial charge is 0.363 e. The van der Waals surface area contributed by atoms with Crippen LogP contribution in [0, 0.1) is 6.92 Å². The fourth-order valence-corrected chi connectivity index (χ4v) is 2.47. The van der Waals surface area contributed by atoms with E-state index in [0.717, 1.165) is 16.9 Å². The molecule has 0 saturated carbocycles. The zero-order valence-corrected chi connectivity index (χ0v) is 15.8. The standard InChI is InChI=1S/C20H23N5O2/c1-14-4-7-16(8-5-14)20-23-19(27-24-20)11-10-18(26)22-13-15-6-9-17(21-12-15)25(2)3/h4-9,12H,10-11,13H2,1-3H3,(H,22,26). The minimum absolute atomic E-state index is 0.0678. The normalized spacial score (nSPS) is 10.6. The van der Waals surface area contributed by atoms with E-state index in [1.807, 2.05) is 62.3 Å². The molecular formula is C20H23N5O2. The maximum Gasteiger partial charge on any atom is 0.227 e. The van der Waals surface area contributed by atoms with Crippen molar-refractivity contribution >= 4 is 11.7 Å². The highest BCUT2D eigenvalue weighted by Crippen LogP contribution is 2.16. The Morgan fingerprint density at radius 2 is 1.93 bits per heavy atom. The van der Waals surface area contributed by atoms with Crippen LogP contribution in [0.1, 0.15) is 23.4 Å². The lowest BCUT2D eigenvalue weighted by molar-refractivity contribution is -0.121. The Labute approximate surface area is 158 Å². The van der Waals surface area contributed by atoms with Crippen molar-refractivity contribution in [1.29, 1.82) is 0 Å². The summed E-state index contributed by atoms with van der Waals surface area (Å²) in [5.74, 6) is 1.81. The fourth-order valence-electron chi connectivity index (χ4n) is 2.47. The first kappa shape index (κ1) is 18.6. The maximum atomic E-state index is 12.0. The Bertz CT molecular complexity index is 885. The molecule has 1 aromatic carbocycles. The van der Waals surface area contributed by atoms with Crippen molar-refractivity contribution in [2.24, 2.45) is 0 Å². The summed E-state index contributed by atoms with van der Waals surface area (Å²) in [7, 11) is 3.87. The van der Waals surface area contributed by atoms with Crippen molar-refractivity contribution in [1.82, 2.24) is 20.4 Å². The van der Waals surface area contributed by atoms with E-state index in [9.17, 15) is 4.79 Å². The third-order valence-electron chi connectivity index (χ3n) is 4.10. The lowest BCUT2D eigenvalue weighted by Crippen LogP contribution is -2.23. The topological polar surface area (TPSA) is 84.2 Å². The number of aromatic nitrogens is 3. The maximum absolute atomic E-state index is 12.0. The summed E-state index contributed by atoms with van der Waals surface area (Å²) in [6.45, 7) is 2.47. The number of benzene rings is 1. The van der Waals surface area contributed by atoms with Gasteiger partial charge in [0.1, 0.15) is 5.82 Å². The van der Waals surface area contributed by atoms with E-state index in [2.05, 4.69) is 20.4 Å². The van der Waals surface area contributed by atoms with Gasteiger partial charge in [-0.3, -0.25) is 4.79 Å². The Hall–Kier alpha value is -3.22. The Morgan fingerprint density at radius 3 is 2.59 bits per heavy atom. The Balaban J connectivity index is 1.47. The molecule has 0 spiro atoms. The van der Waals surface area contributed by atoms with Gasteiger partial charge in [0.25, 0.3) is 0 Å². The van der Waals surface area contributed by atoms with E-state index in [1.165, 1.54) is 5.56 Å². The molecule has 0 atom stereocenters. The van der Waals surface area contributed by atoms with Gasteiger partial charge in [-0.05, 0) is 18.6 Å². The first-order chi connectivity index (χ1) is 13.0. The minimum atomic E-state index is -0.0678. The van der Waals surface area contributed by atoms with Gasteiger partial charge in [0.15, 0.2) is 0 Å². The second-order valence-electron chi connectivity index (χ2n) is 6.57. The predicted molar refractivity (Wildman–Crippen MR) is 103 cm³/mol. The zero-order chi connectivity index (χ0) is 19.2. The predicted octanol–water partition coefficient (Wildman–Crippen LogP) is 2.76. The number of carbonyl (C=O) groups excluding carboxylic acids is 1. The van der Waals surface area contributed by atoms with Crippen LogP contribution < -0.4 is 10.2 Å². The molecule has 27 heavy (non-hydrogen) atoms. The molecule has 0 unspecified atom stereocenters. The summed E-state index contributed by atoms with van der Waals surface area (Å²) in [5, 5.41) is 6.86. The van der Waals surface area contributed by atoms with Crippen LogP contribution in [0.4, 0.5) is 5.82 Å². The molecular weight excluding hydrogens is 342 g/mol. The summed E-state index contributed by atoms with van der Waals surface area (Å²) in [4.78, 5) is 22.7. The van der Waals surface area contributed by atoms with Crippen LogP contribution in [0.2, 0.25) is 0 Å². The second kappa shape index (κ2) is 8.44. The SMILES string of the molecule is Cc1ccc(-c2noc(CCC(=O)NCc3ccc(N(C)C)nc3)n2)cc1. The lowest BCUT2D eigenvalue weighted by atomic mass is 10.1. The van der Waals surface area contributed by atoms with Gasteiger partial charge < -0.3 is 14.7 Å². The molecule has 2 heterocycles. The Morgan fingerprint density at radius 1 is 1.15 bits per heavy atom. The third-order valence-corrected chi connectivity index (χ3v) is 4.10. The number of anilines is 1. The summed E-state index contributed by atoms with van der Waals surface area (Å²) >= 11 is 0. The van der Waals surface area contributed by atoms with Gasteiger partial charge in [-0.1, -0.05) is 41.1 Å². The highest BCUT2D eigenvalue weighted by Gasteiger charge is 2.10. The van der Waals surface area contributed by atoms with Crippen LogP contribution in [-0.4, -0.2) is 35.1 Å². The number of hydrogen-bond donors (Lipinski definition) is 1. The van der Waals surface area contributed by atoms with Gasteiger partial charge in [0, 0.05) is 45.2 Å². The Kier molecular flexibility index (Phi) is 5.80. The van der Waals surface area contributed by atoms with E-state index >= 15 is 0 Å². The quantitative estimate of drug-likeness (QED) is 0.693. The molecule has 0 aliphatic heterocycles. The molecule has 1 N–H and O–H groups in total. The molecule has 3 aromatic rings. The highest BCUT2D eigenvalue weighted by atomic mass is 16.5. The van der Waals surface area contributed by atoms with Crippen molar-refractivity contribution in [3.8, 4) is 11.4 Å². The summed E-state index contributed by atoms with van der Waals surface area (Å²) in [5.41, 5.74) is 3.02. The average molecular weight is 365 g/mol. The van der Waals surface area contributed by atoms with Crippen LogP contribution in [0.15, 0.2) is 47.1 Å². The smallest absolute Gasteiger partial charge is 0.227 e. The van der Waals surface area contributed by atoms with Crippen LogP contribution >= 0.6 is 0 Å². The van der Waals surface area contributed by atoms with Gasteiger partial charge in [-0.15, -0.1) is 0 Å². The first-order valence-corrected chi connectivity index (χ1v) is 8.80. The van der Waals surface area contributed by atoms with Gasteiger partial charge in [-0.25, -0.2) is 4.98 Å². The summed E-state index contributed by atoms with van der Waals surface area (Å²) < 4.78 is 5.24. The molecule has 0 aliphatic carbocycles. The van der Waals surface area contributed by atoms with Crippen LogP contribution in [0.25, 0.3) is 11.4 Å². The van der Waals surface area contributed by atoms with E-state index in [0.29, 0.717) is 31.1 Å². The van der Waals surface area contributed by atoms with Crippen LogP contribution in [0.3, 0.4) is 0 Å². The van der Waals surface area contributed by atoms with E-state index in [1.54, 1.807) is 6.20 Å². The van der Waals surface area contributed by atoms with Crippen LogP contribution in [-0.2, 0) is 17.8 Å². The van der Waals surface area contributed by atoms with Gasteiger partial charge in [-0.2, -0.15) is 4.98 Å². The fraction of sp³-hybridized carbons (Fsp3) is 0.300. The van der Waals surface area contributed by atoms with Crippen molar-refractivity contribution in [2.45, 2.75) is 26.3 Å². The molecule has 3 rings (SSSR count). The van der Waals surface area contributed by atoms with Crippen molar-refractivity contribution in [3.63, 3.8) is 0 Å². The lowest BCUT2D eigenvalue weighted by Gasteiger charge is -2.11. The molecule has 2 aromatic heterocycles. The molecule has 0 saturated heterocycles. The highest BCUT2D eigenvalue weighted by molar-refractivity contribution is 5.76. The number of aryl methyl sites for hydroxylation is 2. The number of carbonyl (C=O) groups is 1. The van der Waals surface area contributed by atoms with Crippen molar-refractivity contribution < 1.29 is 9.32 Å². The number of pyridine rings is 1. The molecule has 1 amide bonds. The van der Waals surface area contributed by atoms with E-state index in [-0.39, 0.29) is 5.91 Å². The minimum Gasteiger partial charge on any atom is -0.363 e. The van der Waals surface area contributed by atoms with Crippen LogP contribution in [0.5, 0.6) is 0 Å². The number of amides is 1. The molecule has 0 radical (unpaired) electrons. The van der Waals surface area contributed by atoms with Gasteiger partial charge in [0.2, 0.25) is 17.6 Å². The molecule has 0 fully saturated rings. The van der Waals surface area contributed by atoms with E-state index in [4.69, 9.17) is 4.52 Å². The third kappa shape index (κ3) is 5.13. The molecule has 0 bridgehead atoms. The van der Waals surface area contributed by atoms with Gasteiger partial charge in [0.05, 0.1) is 0 Å². The number of rotatable bonds is 7. The zero-order valence-electron chi connectivity index (χ0n) is 15.8. The van der Waals surface area contributed by atoms with Crippen molar-refractivity contribution in [2.75, 3.05) is 19.0 Å². The average Bonchev–Trinajstić information content (AvgIpc) is 3.14. The summed E-state index contributed by atoms with van der Waals surface area (Å²) in [6.07, 6.45) is 2.46. The first-order valence-electron chi connectivity index (χ1n) is 8.80. The molecule has 7 nitrogen and oxygen atoms in total. The summed E-state index contributed by atoms with van der Waals surface area (Å²) in [6, 6.07) is 11.8. The number of nitrogens with zero attached hydrogens (tertiary/aromatic N) is 4. The van der Waals surface area contributed by atoms with E-state index < -0.39 is 0 Å².